The lowest BCUT2D eigenvalue weighted by atomic mass is 10.2. The van der Waals surface area contributed by atoms with Crippen molar-refractivity contribution >= 4 is 28.6 Å². The fraction of sp³-hybridized carbons (Fsp3) is 0.500. The number of carbonyl (C=O) groups is 1. The van der Waals surface area contributed by atoms with Crippen LogP contribution in [0.4, 0.5) is 11.8 Å². The number of benzene rings is 1. The quantitative estimate of drug-likeness (QED) is 0.868. The monoisotopic (exact) mass is 359 g/mol. The minimum absolute atomic E-state index is 0.211. The third-order valence-corrected chi connectivity index (χ3v) is 4.60. The average molecular weight is 359 g/mol. The first-order valence-electron chi connectivity index (χ1n) is 8.79. The summed E-state index contributed by atoms with van der Waals surface area (Å²) >= 11 is 0. The largest absolute Gasteiger partial charge is 0.493 e. The van der Waals surface area contributed by atoms with E-state index in [1.165, 1.54) is 0 Å². The zero-order valence-electron chi connectivity index (χ0n) is 15.5. The van der Waals surface area contributed by atoms with Gasteiger partial charge in [0.2, 0.25) is 11.9 Å². The van der Waals surface area contributed by atoms with Gasteiger partial charge in [0, 0.05) is 44.1 Å². The number of carbonyl (C=O) groups excluding carboxylic acids is 1. The molecule has 140 valence electrons. The van der Waals surface area contributed by atoms with Gasteiger partial charge in [-0.25, -0.2) is 4.98 Å². The number of nitrogens with zero attached hydrogens (tertiary/aromatic N) is 4. The highest BCUT2D eigenvalue weighted by Gasteiger charge is 2.23. The molecule has 0 radical (unpaired) electrons. The van der Waals surface area contributed by atoms with E-state index in [0.29, 0.717) is 61.4 Å². The lowest BCUT2D eigenvalue weighted by Crippen LogP contribution is -2.49. The fourth-order valence-corrected chi connectivity index (χ4v) is 3.14. The molecule has 1 amide bonds. The molecule has 2 heterocycles. The van der Waals surface area contributed by atoms with E-state index in [0.717, 1.165) is 11.8 Å². The maximum Gasteiger partial charge on any atom is 0.228 e. The normalized spacial score (nSPS) is 14.6. The van der Waals surface area contributed by atoms with Crippen molar-refractivity contribution in [3.05, 3.63) is 12.1 Å². The van der Waals surface area contributed by atoms with Gasteiger partial charge < -0.3 is 25.0 Å². The molecule has 1 aromatic heterocycles. The summed E-state index contributed by atoms with van der Waals surface area (Å²) in [5, 5.41) is 0.725. The van der Waals surface area contributed by atoms with Crippen LogP contribution in [-0.4, -0.2) is 61.2 Å². The average Bonchev–Trinajstić information content (AvgIpc) is 2.67. The molecule has 0 saturated carbocycles. The number of anilines is 2. The highest BCUT2D eigenvalue weighted by atomic mass is 16.5. The predicted molar refractivity (Wildman–Crippen MR) is 101 cm³/mol. The minimum atomic E-state index is 0.211. The van der Waals surface area contributed by atoms with Crippen LogP contribution in [0.5, 0.6) is 11.5 Å². The van der Waals surface area contributed by atoms with Crippen LogP contribution in [0.15, 0.2) is 12.1 Å². The van der Waals surface area contributed by atoms with Crippen LogP contribution in [0.3, 0.4) is 0 Å². The molecular weight excluding hydrogens is 334 g/mol. The van der Waals surface area contributed by atoms with Crippen molar-refractivity contribution in [2.24, 2.45) is 0 Å². The van der Waals surface area contributed by atoms with Crippen LogP contribution in [0.25, 0.3) is 10.9 Å². The van der Waals surface area contributed by atoms with E-state index in [-0.39, 0.29) is 5.91 Å². The van der Waals surface area contributed by atoms with Crippen molar-refractivity contribution in [3.63, 3.8) is 0 Å². The van der Waals surface area contributed by atoms with E-state index in [1.54, 1.807) is 26.4 Å². The highest BCUT2D eigenvalue weighted by Crippen LogP contribution is 2.34. The summed E-state index contributed by atoms with van der Waals surface area (Å²) in [5.74, 6) is 2.37. The molecule has 1 aliphatic heterocycles. The number of nitrogen functional groups attached to an aromatic ring is 1. The lowest BCUT2D eigenvalue weighted by molar-refractivity contribution is -0.131. The van der Waals surface area contributed by atoms with Gasteiger partial charge in [-0.2, -0.15) is 4.98 Å². The number of methoxy groups -OCH3 is 2. The minimum Gasteiger partial charge on any atom is -0.493 e. The molecule has 0 aliphatic carbocycles. The Morgan fingerprint density at radius 3 is 2.38 bits per heavy atom. The maximum atomic E-state index is 12.0. The van der Waals surface area contributed by atoms with Crippen molar-refractivity contribution in [2.45, 2.75) is 19.8 Å². The van der Waals surface area contributed by atoms with Gasteiger partial charge in [-0.05, 0) is 12.5 Å². The number of hydrogen-bond donors (Lipinski definition) is 1. The fourth-order valence-electron chi connectivity index (χ4n) is 3.14. The van der Waals surface area contributed by atoms with Gasteiger partial charge in [-0.15, -0.1) is 0 Å². The highest BCUT2D eigenvalue weighted by molar-refractivity contribution is 5.91. The van der Waals surface area contributed by atoms with Crippen LogP contribution in [0.2, 0.25) is 0 Å². The first-order chi connectivity index (χ1) is 12.6. The number of fused-ring (bicyclic) bond motifs is 1. The Hall–Kier alpha value is -2.77. The van der Waals surface area contributed by atoms with Gasteiger partial charge in [-0.1, -0.05) is 6.92 Å². The van der Waals surface area contributed by atoms with Crippen molar-refractivity contribution in [1.29, 1.82) is 0 Å². The first-order valence-corrected chi connectivity index (χ1v) is 8.79. The molecule has 1 aliphatic rings. The van der Waals surface area contributed by atoms with Crippen LogP contribution < -0.4 is 20.1 Å². The van der Waals surface area contributed by atoms with E-state index < -0.39 is 0 Å². The smallest absolute Gasteiger partial charge is 0.228 e. The second-order valence-electron chi connectivity index (χ2n) is 6.25. The number of piperazine rings is 1. The molecule has 1 aromatic carbocycles. The molecule has 26 heavy (non-hydrogen) atoms. The van der Waals surface area contributed by atoms with Gasteiger partial charge >= 0.3 is 0 Å². The Labute approximate surface area is 152 Å². The third-order valence-electron chi connectivity index (χ3n) is 4.60. The Morgan fingerprint density at radius 1 is 1.12 bits per heavy atom. The zero-order chi connectivity index (χ0) is 18.7. The lowest BCUT2D eigenvalue weighted by Gasteiger charge is -2.35. The summed E-state index contributed by atoms with van der Waals surface area (Å²) in [6.45, 7) is 4.74. The van der Waals surface area contributed by atoms with Gasteiger partial charge in [0.1, 0.15) is 5.82 Å². The van der Waals surface area contributed by atoms with Crippen molar-refractivity contribution < 1.29 is 14.3 Å². The molecule has 1 saturated heterocycles. The van der Waals surface area contributed by atoms with Crippen molar-refractivity contribution in [2.75, 3.05) is 51.0 Å². The van der Waals surface area contributed by atoms with Crippen LogP contribution >= 0.6 is 0 Å². The van der Waals surface area contributed by atoms with Crippen molar-refractivity contribution in [1.82, 2.24) is 14.9 Å². The summed E-state index contributed by atoms with van der Waals surface area (Å²) in [6.07, 6.45) is 1.47. The topological polar surface area (TPSA) is 93.8 Å². The van der Waals surface area contributed by atoms with E-state index in [9.17, 15) is 4.79 Å². The van der Waals surface area contributed by atoms with E-state index >= 15 is 0 Å². The number of amides is 1. The molecule has 0 bridgehead atoms. The summed E-state index contributed by atoms with van der Waals surface area (Å²) in [5.41, 5.74) is 6.86. The third kappa shape index (κ3) is 3.44. The number of ether oxygens (including phenoxy) is 2. The first kappa shape index (κ1) is 18.0. The SMILES string of the molecule is CCCC(=O)N1CCN(c2nc(N)c3cc(OC)c(OC)cc3n2)CC1. The Kier molecular flexibility index (Phi) is 5.29. The van der Waals surface area contributed by atoms with Crippen LogP contribution in [0.1, 0.15) is 19.8 Å². The van der Waals surface area contributed by atoms with Gasteiger partial charge in [0.25, 0.3) is 0 Å². The summed E-state index contributed by atoms with van der Waals surface area (Å²) in [7, 11) is 3.16. The van der Waals surface area contributed by atoms with E-state index in [4.69, 9.17) is 15.2 Å². The number of nitrogens with two attached hydrogens (primary N) is 1. The van der Waals surface area contributed by atoms with E-state index in [2.05, 4.69) is 14.9 Å². The molecule has 3 rings (SSSR count). The van der Waals surface area contributed by atoms with Gasteiger partial charge in [0.15, 0.2) is 11.5 Å². The standard InChI is InChI=1S/C18H25N5O3/c1-4-5-16(24)22-6-8-23(9-7-22)18-20-13-11-15(26-3)14(25-2)10-12(13)17(19)21-18/h10-11H,4-9H2,1-3H3,(H2,19,20,21). The van der Waals surface area contributed by atoms with Crippen LogP contribution in [-0.2, 0) is 4.79 Å². The summed E-state index contributed by atoms with van der Waals surface area (Å²) in [4.78, 5) is 25.1. The summed E-state index contributed by atoms with van der Waals surface area (Å²) < 4.78 is 10.7. The molecule has 8 nitrogen and oxygen atoms in total. The van der Waals surface area contributed by atoms with Gasteiger partial charge in [0.05, 0.1) is 19.7 Å². The molecule has 2 aromatic rings. The second-order valence-corrected chi connectivity index (χ2v) is 6.25. The maximum absolute atomic E-state index is 12.0. The molecule has 1 fully saturated rings. The molecule has 0 unspecified atom stereocenters. The molecule has 2 N–H and O–H groups in total. The number of aromatic nitrogens is 2. The van der Waals surface area contributed by atoms with Crippen molar-refractivity contribution in [3.8, 4) is 11.5 Å². The van der Waals surface area contributed by atoms with E-state index in [1.807, 2.05) is 11.8 Å². The zero-order valence-corrected chi connectivity index (χ0v) is 15.5. The molecule has 0 atom stereocenters. The Balaban J connectivity index is 1.84. The summed E-state index contributed by atoms with van der Waals surface area (Å²) in [6, 6.07) is 3.59. The number of hydrogen-bond acceptors (Lipinski definition) is 7. The Morgan fingerprint density at radius 2 is 1.77 bits per heavy atom. The molecular formula is C18H25N5O3. The molecule has 8 heteroatoms. The molecule has 0 spiro atoms. The number of rotatable bonds is 5. The second kappa shape index (κ2) is 7.63. The van der Waals surface area contributed by atoms with Crippen LogP contribution in [0, 0.1) is 0 Å². The van der Waals surface area contributed by atoms with Gasteiger partial charge in [-0.3, -0.25) is 4.79 Å². The predicted octanol–water partition coefficient (Wildman–Crippen LogP) is 1.68. The Bertz CT molecular complexity index is 803.